The largest absolute Gasteiger partial charge is 0.497 e. The second kappa shape index (κ2) is 5.90. The highest BCUT2D eigenvalue weighted by molar-refractivity contribution is 7.98. The highest BCUT2D eigenvalue weighted by atomic mass is 32.2. The number of methoxy groups -OCH3 is 1. The summed E-state index contributed by atoms with van der Waals surface area (Å²) in [4.78, 5) is 4.00. The molecule has 2 aromatic rings. The summed E-state index contributed by atoms with van der Waals surface area (Å²) >= 11 is 1.48. The highest BCUT2D eigenvalue weighted by Gasteiger charge is 2.17. The van der Waals surface area contributed by atoms with E-state index in [0.717, 1.165) is 10.7 Å². The molecule has 0 amide bonds. The topological polar surface area (TPSA) is 91.3 Å². The summed E-state index contributed by atoms with van der Waals surface area (Å²) in [5.41, 5.74) is 1.30. The quantitative estimate of drug-likeness (QED) is 0.511. The van der Waals surface area contributed by atoms with E-state index in [1.165, 1.54) is 25.2 Å². The molecule has 1 aromatic carbocycles. The van der Waals surface area contributed by atoms with Crippen molar-refractivity contribution in [2.45, 2.75) is 10.9 Å². The average molecular weight is 265 g/mol. The average Bonchev–Trinajstić information content (AvgIpc) is 2.89. The number of thioether (sulfide) groups is 1. The smallest absolute Gasteiger partial charge is 0.492 e. The van der Waals surface area contributed by atoms with Crippen molar-refractivity contribution in [1.82, 2.24) is 15.2 Å². The van der Waals surface area contributed by atoms with Crippen LogP contribution in [0.15, 0.2) is 29.7 Å². The molecule has 94 valence electrons. The van der Waals surface area contributed by atoms with Gasteiger partial charge in [0.2, 0.25) is 0 Å². The second-order valence-corrected chi connectivity index (χ2v) is 4.49. The molecule has 0 spiro atoms. The fourth-order valence-corrected chi connectivity index (χ4v) is 2.21. The Labute approximate surface area is 109 Å². The third-order valence-corrected chi connectivity index (χ3v) is 3.29. The number of aromatic nitrogens is 3. The Morgan fingerprint density at radius 2 is 2.28 bits per heavy atom. The van der Waals surface area contributed by atoms with Crippen LogP contribution in [-0.2, 0) is 5.75 Å². The van der Waals surface area contributed by atoms with Crippen LogP contribution in [0.5, 0.6) is 5.75 Å². The predicted octanol–water partition coefficient (Wildman–Crippen LogP) is -0.215. The van der Waals surface area contributed by atoms with Crippen molar-refractivity contribution >= 4 is 24.3 Å². The van der Waals surface area contributed by atoms with Crippen molar-refractivity contribution in [1.29, 1.82) is 0 Å². The Morgan fingerprint density at radius 1 is 1.44 bits per heavy atom. The van der Waals surface area contributed by atoms with Gasteiger partial charge in [-0.2, -0.15) is 5.10 Å². The van der Waals surface area contributed by atoms with Crippen LogP contribution < -0.4 is 10.2 Å². The van der Waals surface area contributed by atoms with Gasteiger partial charge in [0.05, 0.1) is 7.11 Å². The Balaban J connectivity index is 2.11. The van der Waals surface area contributed by atoms with Gasteiger partial charge in [-0.25, -0.2) is 4.98 Å². The lowest BCUT2D eigenvalue weighted by Crippen LogP contribution is -2.31. The number of aromatic amines is 1. The lowest BCUT2D eigenvalue weighted by atomic mass is 9.79. The molecule has 8 heteroatoms. The van der Waals surface area contributed by atoms with Gasteiger partial charge in [-0.3, -0.25) is 5.10 Å². The Hall–Kier alpha value is -1.51. The van der Waals surface area contributed by atoms with Crippen LogP contribution in [0.2, 0.25) is 0 Å². The number of hydrogen-bond acceptors (Lipinski definition) is 6. The molecule has 1 heterocycles. The minimum atomic E-state index is -1.55. The van der Waals surface area contributed by atoms with Gasteiger partial charge in [0.15, 0.2) is 5.16 Å². The molecule has 2 rings (SSSR count). The Kier molecular flexibility index (Phi) is 4.24. The Morgan fingerprint density at radius 3 is 2.89 bits per heavy atom. The summed E-state index contributed by atoms with van der Waals surface area (Å²) < 4.78 is 5.06. The van der Waals surface area contributed by atoms with Gasteiger partial charge in [0.25, 0.3) is 0 Å². The van der Waals surface area contributed by atoms with E-state index in [1.807, 2.05) is 6.07 Å². The van der Waals surface area contributed by atoms with Gasteiger partial charge < -0.3 is 14.8 Å². The molecule has 0 atom stereocenters. The second-order valence-electron chi connectivity index (χ2n) is 3.53. The molecule has 0 radical (unpaired) electrons. The number of nitrogens with zero attached hydrogens (tertiary/aromatic N) is 2. The lowest BCUT2D eigenvalue weighted by molar-refractivity contribution is 0.403. The van der Waals surface area contributed by atoms with Crippen LogP contribution in [0.25, 0.3) is 0 Å². The SMILES string of the molecule is COc1ccc(CSc2ncn[nH]2)cc1B(O)O. The van der Waals surface area contributed by atoms with E-state index in [1.54, 1.807) is 12.1 Å². The molecule has 18 heavy (non-hydrogen) atoms. The number of rotatable bonds is 5. The van der Waals surface area contributed by atoms with Gasteiger partial charge in [0.1, 0.15) is 12.1 Å². The van der Waals surface area contributed by atoms with Gasteiger partial charge >= 0.3 is 7.12 Å². The summed E-state index contributed by atoms with van der Waals surface area (Å²) in [6.45, 7) is 0. The lowest BCUT2D eigenvalue weighted by Gasteiger charge is -2.09. The maximum Gasteiger partial charge on any atom is 0.492 e. The molecule has 0 saturated heterocycles. The first-order valence-electron chi connectivity index (χ1n) is 5.22. The minimum Gasteiger partial charge on any atom is -0.497 e. The molecule has 0 saturated carbocycles. The van der Waals surface area contributed by atoms with Gasteiger partial charge in [-0.1, -0.05) is 23.9 Å². The summed E-state index contributed by atoms with van der Waals surface area (Å²) in [6.07, 6.45) is 1.44. The van der Waals surface area contributed by atoms with E-state index in [0.29, 0.717) is 17.0 Å². The van der Waals surface area contributed by atoms with Gasteiger partial charge in [0, 0.05) is 11.2 Å². The fourth-order valence-electron chi connectivity index (χ4n) is 1.49. The van der Waals surface area contributed by atoms with Crippen molar-refractivity contribution in [2.75, 3.05) is 7.11 Å². The summed E-state index contributed by atoms with van der Waals surface area (Å²) in [5, 5.41) is 25.7. The number of benzene rings is 1. The zero-order valence-corrected chi connectivity index (χ0v) is 10.5. The summed E-state index contributed by atoms with van der Waals surface area (Å²) in [6, 6.07) is 5.28. The van der Waals surface area contributed by atoms with E-state index in [2.05, 4.69) is 15.2 Å². The minimum absolute atomic E-state index is 0.355. The zero-order valence-electron chi connectivity index (χ0n) is 9.70. The number of nitrogens with one attached hydrogen (secondary N) is 1. The third kappa shape index (κ3) is 3.03. The van der Waals surface area contributed by atoms with Crippen molar-refractivity contribution in [2.24, 2.45) is 0 Å². The molecule has 0 fully saturated rings. The van der Waals surface area contributed by atoms with E-state index >= 15 is 0 Å². The van der Waals surface area contributed by atoms with Crippen LogP contribution in [0.1, 0.15) is 5.56 Å². The molecule has 0 aliphatic rings. The molecule has 6 nitrogen and oxygen atoms in total. The van der Waals surface area contributed by atoms with Crippen molar-refractivity contribution in [3.8, 4) is 5.75 Å². The Bertz CT molecular complexity index is 507. The first-order chi connectivity index (χ1) is 8.70. The molecule has 1 aromatic heterocycles. The zero-order chi connectivity index (χ0) is 13.0. The number of ether oxygens (including phenoxy) is 1. The van der Waals surface area contributed by atoms with Crippen LogP contribution in [0, 0.1) is 0 Å². The maximum absolute atomic E-state index is 9.25. The highest BCUT2D eigenvalue weighted by Crippen LogP contribution is 2.19. The molecular weight excluding hydrogens is 253 g/mol. The van der Waals surface area contributed by atoms with Crippen LogP contribution in [-0.4, -0.2) is 39.5 Å². The van der Waals surface area contributed by atoms with Crippen LogP contribution in [0.3, 0.4) is 0 Å². The normalized spacial score (nSPS) is 10.4. The molecule has 0 aliphatic heterocycles. The van der Waals surface area contributed by atoms with Crippen LogP contribution >= 0.6 is 11.8 Å². The van der Waals surface area contributed by atoms with Crippen LogP contribution in [0.4, 0.5) is 0 Å². The van der Waals surface area contributed by atoms with Crippen molar-refractivity contribution in [3.63, 3.8) is 0 Å². The van der Waals surface area contributed by atoms with E-state index in [9.17, 15) is 10.0 Å². The monoisotopic (exact) mass is 265 g/mol. The van der Waals surface area contributed by atoms with E-state index in [4.69, 9.17) is 4.74 Å². The first kappa shape index (κ1) is 12.9. The predicted molar refractivity (Wildman–Crippen MR) is 68.8 cm³/mol. The summed E-state index contributed by atoms with van der Waals surface area (Å²) in [5.74, 6) is 1.11. The summed E-state index contributed by atoms with van der Waals surface area (Å²) in [7, 11) is -0.0559. The molecule has 0 aliphatic carbocycles. The standard InChI is InChI=1S/C10H12BN3O3S/c1-17-9-3-2-7(4-8(9)11(15)16)5-18-10-12-6-13-14-10/h2-4,6,15-16H,5H2,1H3,(H,12,13,14). The molecule has 0 unspecified atom stereocenters. The van der Waals surface area contributed by atoms with Crippen molar-refractivity contribution in [3.05, 3.63) is 30.1 Å². The van der Waals surface area contributed by atoms with E-state index < -0.39 is 7.12 Å². The number of hydrogen-bond donors (Lipinski definition) is 3. The maximum atomic E-state index is 9.25. The van der Waals surface area contributed by atoms with E-state index in [-0.39, 0.29) is 0 Å². The molecular formula is C10H12BN3O3S. The van der Waals surface area contributed by atoms with Crippen molar-refractivity contribution < 1.29 is 14.8 Å². The number of H-pyrrole nitrogens is 1. The molecule has 0 bridgehead atoms. The van der Waals surface area contributed by atoms with Gasteiger partial charge in [-0.05, 0) is 11.6 Å². The first-order valence-corrected chi connectivity index (χ1v) is 6.20. The molecule has 3 N–H and O–H groups in total. The fraction of sp³-hybridized carbons (Fsp3) is 0.200. The third-order valence-electron chi connectivity index (χ3n) is 2.34. The van der Waals surface area contributed by atoms with Gasteiger partial charge in [-0.15, -0.1) is 0 Å².